The fourth-order valence-electron chi connectivity index (χ4n) is 4.57. The van der Waals surface area contributed by atoms with E-state index in [1.54, 1.807) is 11.8 Å². The van der Waals surface area contributed by atoms with Crippen molar-refractivity contribution < 1.29 is 4.74 Å². The third kappa shape index (κ3) is 6.95. The predicted molar refractivity (Wildman–Crippen MR) is 142 cm³/mol. The van der Waals surface area contributed by atoms with Gasteiger partial charge < -0.3 is 9.64 Å². The molecule has 33 heavy (non-hydrogen) atoms. The quantitative estimate of drug-likeness (QED) is 0.378. The molecular formula is C28H37N3OS. The lowest BCUT2D eigenvalue weighted by atomic mass is 10.1. The number of allylic oxidation sites excluding steroid dienone is 1. The smallest absolute Gasteiger partial charge is 0.0766 e. The van der Waals surface area contributed by atoms with E-state index >= 15 is 0 Å². The lowest BCUT2D eigenvalue weighted by Gasteiger charge is -2.27. The number of rotatable bonds is 8. The Labute approximate surface area is 203 Å². The number of nitrogens with zero attached hydrogens (tertiary/aromatic N) is 3. The van der Waals surface area contributed by atoms with Gasteiger partial charge in [0.25, 0.3) is 0 Å². The van der Waals surface area contributed by atoms with Gasteiger partial charge in [0.15, 0.2) is 0 Å². The zero-order chi connectivity index (χ0) is 23.0. The van der Waals surface area contributed by atoms with Crippen LogP contribution in [0.1, 0.15) is 29.5 Å². The Morgan fingerprint density at radius 1 is 1.03 bits per heavy atom. The zero-order valence-corrected chi connectivity index (χ0v) is 20.9. The van der Waals surface area contributed by atoms with E-state index in [2.05, 4.69) is 76.8 Å². The Morgan fingerprint density at radius 3 is 2.42 bits per heavy atom. The van der Waals surface area contributed by atoms with Crippen LogP contribution >= 0.6 is 11.8 Å². The molecule has 0 N–H and O–H groups in total. The Hall–Kier alpha value is -2.08. The summed E-state index contributed by atoms with van der Waals surface area (Å²) in [7, 11) is 1.93. The fourth-order valence-corrected chi connectivity index (χ4v) is 5.53. The number of aliphatic imine (C=N–C) groups is 1. The van der Waals surface area contributed by atoms with E-state index in [-0.39, 0.29) is 0 Å². The van der Waals surface area contributed by atoms with Crippen molar-refractivity contribution in [2.45, 2.75) is 32.7 Å². The van der Waals surface area contributed by atoms with Crippen molar-refractivity contribution in [3.05, 3.63) is 76.7 Å². The molecule has 0 aliphatic carbocycles. The Kier molecular flexibility index (Phi) is 8.65. The second kappa shape index (κ2) is 11.9. The maximum absolute atomic E-state index is 5.46. The summed E-state index contributed by atoms with van der Waals surface area (Å²) in [4.78, 5) is 10.8. The maximum atomic E-state index is 5.46. The number of benzene rings is 2. The van der Waals surface area contributed by atoms with Gasteiger partial charge in [-0.05, 0) is 54.4 Å². The second-order valence-electron chi connectivity index (χ2n) is 9.17. The molecule has 0 aromatic heterocycles. The Morgan fingerprint density at radius 2 is 1.73 bits per heavy atom. The molecular weight excluding hydrogens is 426 g/mol. The van der Waals surface area contributed by atoms with Crippen LogP contribution in [0.5, 0.6) is 0 Å². The molecule has 0 bridgehead atoms. The second-order valence-corrected chi connectivity index (χ2v) is 10.4. The SMILES string of the molecule is C=C(CCc1ccc(C)cc1)SC(=NC)C1CCN(c2ccc(CN3CCOCC3)cc2)C1. The van der Waals surface area contributed by atoms with E-state index in [9.17, 15) is 0 Å². The molecule has 2 aromatic carbocycles. The molecule has 0 amide bonds. The van der Waals surface area contributed by atoms with Gasteiger partial charge in [-0.15, -0.1) is 0 Å². The summed E-state index contributed by atoms with van der Waals surface area (Å²) in [6.07, 6.45) is 3.19. The first kappa shape index (κ1) is 24.1. The molecule has 2 aliphatic heterocycles. The van der Waals surface area contributed by atoms with Crippen LogP contribution in [0.15, 0.2) is 65.0 Å². The van der Waals surface area contributed by atoms with Gasteiger partial charge >= 0.3 is 0 Å². The summed E-state index contributed by atoms with van der Waals surface area (Å²) in [6, 6.07) is 18.0. The number of thioether (sulfide) groups is 1. The van der Waals surface area contributed by atoms with Gasteiger partial charge in [-0.3, -0.25) is 9.89 Å². The number of anilines is 1. The highest BCUT2D eigenvalue weighted by Gasteiger charge is 2.27. The van der Waals surface area contributed by atoms with E-state index in [1.165, 1.54) is 32.3 Å². The van der Waals surface area contributed by atoms with Crippen LogP contribution in [0.4, 0.5) is 5.69 Å². The van der Waals surface area contributed by atoms with Crippen molar-refractivity contribution in [1.29, 1.82) is 0 Å². The molecule has 2 heterocycles. The van der Waals surface area contributed by atoms with Crippen molar-refractivity contribution >= 4 is 22.5 Å². The summed E-state index contributed by atoms with van der Waals surface area (Å²) in [5.41, 5.74) is 5.39. The summed E-state index contributed by atoms with van der Waals surface area (Å²) >= 11 is 1.80. The van der Waals surface area contributed by atoms with Crippen molar-refractivity contribution in [2.75, 3.05) is 51.3 Å². The summed E-state index contributed by atoms with van der Waals surface area (Å²) < 4.78 is 5.46. The Bertz CT molecular complexity index is 933. The first-order valence-corrected chi connectivity index (χ1v) is 12.9. The number of hydrogen-bond acceptors (Lipinski definition) is 5. The van der Waals surface area contributed by atoms with Gasteiger partial charge in [-0.2, -0.15) is 0 Å². The van der Waals surface area contributed by atoms with Gasteiger partial charge in [0.2, 0.25) is 0 Å². The third-order valence-corrected chi connectivity index (χ3v) is 7.85. The molecule has 0 radical (unpaired) electrons. The van der Waals surface area contributed by atoms with Gasteiger partial charge in [0.05, 0.1) is 18.3 Å². The van der Waals surface area contributed by atoms with Gasteiger partial charge in [-0.1, -0.05) is 60.3 Å². The molecule has 5 heteroatoms. The minimum absolute atomic E-state index is 0.490. The first-order valence-electron chi connectivity index (χ1n) is 12.1. The summed E-state index contributed by atoms with van der Waals surface area (Å²) in [5.74, 6) is 0.490. The van der Waals surface area contributed by atoms with Crippen molar-refractivity contribution in [3.8, 4) is 0 Å². The lowest BCUT2D eigenvalue weighted by Crippen LogP contribution is -2.35. The molecule has 2 aliphatic rings. The number of morpholine rings is 1. The first-order chi connectivity index (χ1) is 16.1. The van der Waals surface area contributed by atoms with Crippen LogP contribution in [-0.2, 0) is 17.7 Å². The Balaban J connectivity index is 1.26. The molecule has 1 atom stereocenters. The van der Waals surface area contributed by atoms with Crippen LogP contribution in [0.3, 0.4) is 0 Å². The van der Waals surface area contributed by atoms with Crippen LogP contribution < -0.4 is 4.90 Å². The van der Waals surface area contributed by atoms with E-state index in [1.807, 2.05) is 7.05 Å². The fraction of sp³-hybridized carbons (Fsp3) is 0.464. The van der Waals surface area contributed by atoms with E-state index in [0.29, 0.717) is 5.92 Å². The monoisotopic (exact) mass is 463 g/mol. The van der Waals surface area contributed by atoms with E-state index < -0.39 is 0 Å². The molecule has 0 spiro atoms. The lowest BCUT2D eigenvalue weighted by molar-refractivity contribution is 0.0342. The molecule has 2 fully saturated rings. The van der Waals surface area contributed by atoms with Crippen LogP contribution in [0.25, 0.3) is 0 Å². The van der Waals surface area contributed by atoms with Crippen molar-refractivity contribution in [3.63, 3.8) is 0 Å². The minimum Gasteiger partial charge on any atom is -0.379 e. The molecule has 176 valence electrons. The van der Waals surface area contributed by atoms with Crippen LogP contribution in [0, 0.1) is 12.8 Å². The molecule has 4 nitrogen and oxygen atoms in total. The standard InChI is InChI=1S/C28H37N3OS/c1-22-4-7-24(8-5-22)9-6-23(2)33-28(29-3)26-14-15-31(21-26)27-12-10-25(11-13-27)20-30-16-18-32-19-17-30/h4-5,7-8,10-13,26H,2,6,9,14-21H2,1,3H3. The molecule has 2 aromatic rings. The molecule has 2 saturated heterocycles. The highest BCUT2D eigenvalue weighted by Crippen LogP contribution is 2.32. The average Bonchev–Trinajstić information content (AvgIpc) is 3.33. The third-order valence-electron chi connectivity index (χ3n) is 6.63. The predicted octanol–water partition coefficient (Wildman–Crippen LogP) is 5.56. The van der Waals surface area contributed by atoms with Gasteiger partial charge in [0, 0.05) is 51.4 Å². The zero-order valence-electron chi connectivity index (χ0n) is 20.1. The largest absolute Gasteiger partial charge is 0.379 e. The minimum atomic E-state index is 0.490. The van der Waals surface area contributed by atoms with Crippen molar-refractivity contribution in [1.82, 2.24) is 4.90 Å². The maximum Gasteiger partial charge on any atom is 0.0766 e. The van der Waals surface area contributed by atoms with Crippen LogP contribution in [0.2, 0.25) is 0 Å². The molecule has 4 rings (SSSR count). The highest BCUT2D eigenvalue weighted by atomic mass is 32.2. The van der Waals surface area contributed by atoms with Crippen LogP contribution in [-0.4, -0.2) is 56.4 Å². The van der Waals surface area contributed by atoms with Crippen molar-refractivity contribution in [2.24, 2.45) is 10.9 Å². The summed E-state index contributed by atoms with van der Waals surface area (Å²) in [6.45, 7) is 13.4. The molecule has 1 unspecified atom stereocenters. The van der Waals surface area contributed by atoms with E-state index in [4.69, 9.17) is 4.74 Å². The van der Waals surface area contributed by atoms with Gasteiger partial charge in [-0.25, -0.2) is 0 Å². The topological polar surface area (TPSA) is 28.1 Å². The highest BCUT2D eigenvalue weighted by molar-refractivity contribution is 8.17. The number of ether oxygens (including phenoxy) is 1. The normalized spacial score (nSPS) is 19.8. The summed E-state index contributed by atoms with van der Waals surface area (Å²) in [5, 5.41) is 1.23. The number of hydrogen-bond donors (Lipinski definition) is 0. The molecule has 0 saturated carbocycles. The van der Waals surface area contributed by atoms with Gasteiger partial charge in [0.1, 0.15) is 0 Å². The number of aryl methyl sites for hydroxylation is 2. The average molecular weight is 464 g/mol. The van der Waals surface area contributed by atoms with E-state index in [0.717, 1.165) is 65.2 Å².